The smallest absolute Gasteiger partial charge is 0.186 e. The molecule has 0 N–H and O–H groups in total. The number of nitrogens with zero attached hydrogens (tertiary/aromatic N) is 1. The van der Waals surface area contributed by atoms with E-state index in [0.717, 1.165) is 15.9 Å². The number of halogens is 1. The first kappa shape index (κ1) is 11.5. The predicted molar refractivity (Wildman–Crippen MR) is 64.1 cm³/mol. The number of carbonyl (C=O) groups excluding carboxylic acids is 1. The summed E-state index contributed by atoms with van der Waals surface area (Å²) in [5.74, 6) is 0.718. The van der Waals surface area contributed by atoms with Crippen LogP contribution in [0.4, 0.5) is 0 Å². The summed E-state index contributed by atoms with van der Waals surface area (Å²) in [5, 5.41) is 0.144. The molecule has 0 aliphatic heterocycles. The van der Waals surface area contributed by atoms with Crippen molar-refractivity contribution in [2.45, 2.75) is 6.92 Å². The second kappa shape index (κ2) is 5.98. The van der Waals surface area contributed by atoms with E-state index in [1.807, 2.05) is 24.3 Å². The summed E-state index contributed by atoms with van der Waals surface area (Å²) in [5.41, 5.74) is 1.08. The van der Waals surface area contributed by atoms with Crippen LogP contribution in [0.1, 0.15) is 12.5 Å². The molecule has 4 heteroatoms. The lowest BCUT2D eigenvalue weighted by Gasteiger charge is -1.93. The van der Waals surface area contributed by atoms with E-state index in [1.165, 1.54) is 11.8 Å². The van der Waals surface area contributed by atoms with Crippen LogP contribution in [0.25, 0.3) is 6.08 Å². The van der Waals surface area contributed by atoms with Crippen molar-refractivity contribution in [1.29, 1.82) is 0 Å². The van der Waals surface area contributed by atoms with Crippen LogP contribution in [0.3, 0.4) is 0 Å². The number of aromatic nitrogens is 1. The molecular weight excluding hydrogens is 262 g/mol. The highest BCUT2D eigenvalue weighted by atomic mass is 79.9. The molecule has 0 spiro atoms. The Bertz CT molecular complexity index is 352. The van der Waals surface area contributed by atoms with E-state index >= 15 is 0 Å². The van der Waals surface area contributed by atoms with Gasteiger partial charge in [-0.2, -0.15) is 0 Å². The van der Waals surface area contributed by atoms with Crippen LogP contribution in [0.2, 0.25) is 0 Å². The molecule has 0 fully saturated rings. The van der Waals surface area contributed by atoms with Crippen LogP contribution in [0.5, 0.6) is 0 Å². The molecule has 0 saturated heterocycles. The fourth-order valence-electron chi connectivity index (χ4n) is 0.871. The first-order valence-corrected chi connectivity index (χ1v) is 5.88. The van der Waals surface area contributed by atoms with Gasteiger partial charge in [-0.15, -0.1) is 0 Å². The summed E-state index contributed by atoms with van der Waals surface area (Å²) >= 11 is 4.59. The summed E-state index contributed by atoms with van der Waals surface area (Å²) < 4.78 is 0.818. The highest BCUT2D eigenvalue weighted by Crippen LogP contribution is 2.10. The Labute approximate surface area is 95.9 Å². The Hall–Kier alpha value is -0.610. The lowest BCUT2D eigenvalue weighted by molar-refractivity contribution is -0.109. The van der Waals surface area contributed by atoms with Crippen molar-refractivity contribution in [1.82, 2.24) is 4.98 Å². The van der Waals surface area contributed by atoms with Gasteiger partial charge >= 0.3 is 0 Å². The molecule has 14 heavy (non-hydrogen) atoms. The van der Waals surface area contributed by atoms with Crippen molar-refractivity contribution < 1.29 is 4.79 Å². The molecule has 0 unspecified atom stereocenters. The molecule has 1 heterocycles. The standard InChI is InChI=1S/C10H10BrNOS/c1-8(13)14-6-2-3-9-4-5-12-10(11)7-9/h2-5,7H,6H2,1H3. The van der Waals surface area contributed by atoms with Crippen molar-refractivity contribution in [2.75, 3.05) is 5.75 Å². The third-order valence-electron chi connectivity index (χ3n) is 1.44. The van der Waals surface area contributed by atoms with E-state index in [0.29, 0.717) is 0 Å². The van der Waals surface area contributed by atoms with Gasteiger partial charge in [0.25, 0.3) is 0 Å². The van der Waals surface area contributed by atoms with E-state index in [9.17, 15) is 4.79 Å². The van der Waals surface area contributed by atoms with Crippen molar-refractivity contribution in [2.24, 2.45) is 0 Å². The number of carbonyl (C=O) groups is 1. The maximum Gasteiger partial charge on any atom is 0.186 e. The third-order valence-corrected chi connectivity index (χ3v) is 2.64. The van der Waals surface area contributed by atoms with Crippen molar-refractivity contribution in [3.8, 4) is 0 Å². The van der Waals surface area contributed by atoms with E-state index < -0.39 is 0 Å². The molecule has 2 nitrogen and oxygen atoms in total. The summed E-state index contributed by atoms with van der Waals surface area (Å²) in [4.78, 5) is 14.6. The molecule has 0 aliphatic rings. The van der Waals surface area contributed by atoms with Gasteiger partial charge in [0.05, 0.1) is 0 Å². The molecule has 0 aliphatic carbocycles. The van der Waals surface area contributed by atoms with E-state index in [2.05, 4.69) is 20.9 Å². The molecule has 1 aromatic heterocycles. The second-order valence-corrected chi connectivity index (χ2v) is 4.63. The molecule has 0 aromatic carbocycles. The van der Waals surface area contributed by atoms with Gasteiger partial charge in [-0.1, -0.05) is 23.9 Å². The second-order valence-electron chi connectivity index (χ2n) is 2.62. The van der Waals surface area contributed by atoms with E-state index in [1.54, 1.807) is 13.1 Å². The monoisotopic (exact) mass is 271 g/mol. The van der Waals surface area contributed by atoms with Gasteiger partial charge in [0.2, 0.25) is 0 Å². The average Bonchev–Trinajstić information content (AvgIpc) is 2.12. The molecule has 74 valence electrons. The molecule has 1 aromatic rings. The Morgan fingerprint density at radius 3 is 3.14 bits per heavy atom. The Balaban J connectivity index is 2.47. The quantitative estimate of drug-likeness (QED) is 0.792. The molecule has 0 atom stereocenters. The van der Waals surface area contributed by atoms with Crippen LogP contribution in [-0.2, 0) is 4.79 Å². The maximum absolute atomic E-state index is 10.6. The zero-order chi connectivity index (χ0) is 10.4. The fraction of sp³-hybridized carbons (Fsp3) is 0.200. The SMILES string of the molecule is CC(=O)SCC=Cc1ccnc(Br)c1. The molecule has 0 radical (unpaired) electrons. The van der Waals surface area contributed by atoms with Crippen LogP contribution >= 0.6 is 27.7 Å². The summed E-state index contributed by atoms with van der Waals surface area (Å²) in [6, 6.07) is 3.84. The van der Waals surface area contributed by atoms with Gasteiger partial charge in [0.1, 0.15) is 4.60 Å². The topological polar surface area (TPSA) is 30.0 Å². The van der Waals surface area contributed by atoms with Crippen molar-refractivity contribution >= 4 is 38.9 Å². The minimum absolute atomic E-state index is 0.144. The summed E-state index contributed by atoms with van der Waals surface area (Å²) in [7, 11) is 0. The number of thioether (sulfide) groups is 1. The minimum Gasteiger partial charge on any atom is -0.288 e. The number of hydrogen-bond donors (Lipinski definition) is 0. The van der Waals surface area contributed by atoms with Gasteiger partial charge in [-0.05, 0) is 33.6 Å². The zero-order valence-electron chi connectivity index (χ0n) is 7.74. The lowest BCUT2D eigenvalue weighted by Crippen LogP contribution is -1.82. The maximum atomic E-state index is 10.6. The lowest BCUT2D eigenvalue weighted by atomic mass is 10.2. The van der Waals surface area contributed by atoms with Gasteiger partial charge < -0.3 is 0 Å². The highest BCUT2D eigenvalue weighted by Gasteiger charge is 1.91. The van der Waals surface area contributed by atoms with E-state index in [-0.39, 0.29) is 5.12 Å². The summed E-state index contributed by atoms with van der Waals surface area (Å²) in [6.07, 6.45) is 5.68. The van der Waals surface area contributed by atoms with Crippen LogP contribution in [-0.4, -0.2) is 15.9 Å². The van der Waals surface area contributed by atoms with Crippen LogP contribution in [0, 0.1) is 0 Å². The zero-order valence-corrected chi connectivity index (χ0v) is 10.1. The third kappa shape index (κ3) is 4.58. The van der Waals surface area contributed by atoms with E-state index in [4.69, 9.17) is 0 Å². The number of rotatable bonds is 3. The van der Waals surface area contributed by atoms with Gasteiger partial charge in [0, 0.05) is 18.9 Å². The highest BCUT2D eigenvalue weighted by molar-refractivity contribution is 9.10. The van der Waals surface area contributed by atoms with Crippen LogP contribution < -0.4 is 0 Å². The normalized spacial score (nSPS) is 10.7. The largest absolute Gasteiger partial charge is 0.288 e. The van der Waals surface area contributed by atoms with Crippen molar-refractivity contribution in [3.05, 3.63) is 34.6 Å². The van der Waals surface area contributed by atoms with Crippen LogP contribution in [0.15, 0.2) is 29.0 Å². The molecule has 0 saturated carbocycles. The van der Waals surface area contributed by atoms with Gasteiger partial charge in [0.15, 0.2) is 5.12 Å². The molecule has 0 amide bonds. The predicted octanol–water partition coefficient (Wildman–Crippen LogP) is 3.14. The van der Waals surface area contributed by atoms with Gasteiger partial charge in [-0.3, -0.25) is 4.79 Å². The number of pyridine rings is 1. The Kier molecular flexibility index (Phi) is 4.90. The first-order chi connectivity index (χ1) is 6.68. The average molecular weight is 272 g/mol. The molecule has 0 bridgehead atoms. The summed E-state index contributed by atoms with van der Waals surface area (Å²) in [6.45, 7) is 1.57. The number of hydrogen-bond acceptors (Lipinski definition) is 3. The fourth-order valence-corrected chi connectivity index (χ4v) is 1.68. The molecule has 1 rings (SSSR count). The molecular formula is C10H10BrNOS. The van der Waals surface area contributed by atoms with Gasteiger partial charge in [-0.25, -0.2) is 4.98 Å². The Morgan fingerprint density at radius 2 is 2.50 bits per heavy atom. The van der Waals surface area contributed by atoms with Crippen molar-refractivity contribution in [3.63, 3.8) is 0 Å². The first-order valence-electron chi connectivity index (χ1n) is 4.10. The minimum atomic E-state index is 0.144. The Morgan fingerprint density at radius 1 is 1.71 bits per heavy atom.